The minimum Gasteiger partial charge on any atom is -0.481 e. The molecule has 25 heteroatoms. The summed E-state index contributed by atoms with van der Waals surface area (Å²) in [6.07, 6.45) is -2.24. The molecule has 61 heavy (non-hydrogen) atoms. The summed E-state index contributed by atoms with van der Waals surface area (Å²) in [5.74, 6) is -12.9. The second-order valence-corrected chi connectivity index (χ2v) is 14.2. The number of amides is 8. The van der Waals surface area contributed by atoms with E-state index in [-0.39, 0.29) is 12.2 Å². The van der Waals surface area contributed by atoms with Gasteiger partial charge < -0.3 is 68.7 Å². The van der Waals surface area contributed by atoms with E-state index in [1.165, 1.54) is 13.8 Å². The van der Waals surface area contributed by atoms with Crippen LogP contribution in [0.2, 0.25) is 0 Å². The highest BCUT2D eigenvalue weighted by Crippen LogP contribution is 2.07. The lowest BCUT2D eigenvalue weighted by molar-refractivity contribution is -0.142. The van der Waals surface area contributed by atoms with Gasteiger partial charge in [0.15, 0.2) is 0 Å². The zero-order valence-corrected chi connectivity index (χ0v) is 34.4. The first-order valence-electron chi connectivity index (χ1n) is 18.6. The van der Waals surface area contributed by atoms with Crippen molar-refractivity contribution in [3.05, 3.63) is 35.9 Å². The van der Waals surface area contributed by atoms with Crippen LogP contribution in [-0.4, -0.2) is 153 Å². The molecule has 0 saturated heterocycles. The lowest BCUT2D eigenvalue weighted by Crippen LogP contribution is -2.59. The van der Waals surface area contributed by atoms with E-state index < -0.39 is 152 Å². The van der Waals surface area contributed by atoms with Crippen molar-refractivity contribution in [1.82, 2.24) is 42.5 Å². The van der Waals surface area contributed by atoms with E-state index in [4.69, 9.17) is 15.9 Å². The van der Waals surface area contributed by atoms with E-state index in [2.05, 4.69) is 55.2 Å². The molecule has 24 nitrogen and oxygen atoms in total. The SMILES string of the molecule is CC(C)[C@H](NC(=O)CNC(=O)[C@@H](N)CS)C(=O)N[C@@H](CC(=O)O)C(=O)N[C@@H](CO)C(=O)NCC(=O)N[C@@H](Cc1ccccc1)C(=O)N[C@@H](CCC(=O)O)C(=O)N[C@@H](C)C(=O)O. The minimum atomic E-state index is -1.85. The summed E-state index contributed by atoms with van der Waals surface area (Å²) in [5, 5.41) is 55.5. The van der Waals surface area contributed by atoms with E-state index in [0.717, 1.165) is 6.92 Å². The second-order valence-electron chi connectivity index (χ2n) is 13.8. The van der Waals surface area contributed by atoms with Gasteiger partial charge in [-0.3, -0.25) is 52.7 Å². The zero-order valence-electron chi connectivity index (χ0n) is 33.5. The summed E-state index contributed by atoms with van der Waals surface area (Å²) in [5.41, 5.74) is 6.06. The summed E-state index contributed by atoms with van der Waals surface area (Å²) in [4.78, 5) is 137. The second kappa shape index (κ2) is 26.7. The number of aliphatic hydroxyl groups excluding tert-OH is 1. The predicted molar refractivity (Wildman–Crippen MR) is 214 cm³/mol. The molecule has 0 aliphatic carbocycles. The largest absolute Gasteiger partial charge is 0.481 e. The fraction of sp³-hybridized carbons (Fsp3) is 0.528. The van der Waals surface area contributed by atoms with Gasteiger partial charge in [0.25, 0.3) is 0 Å². The highest BCUT2D eigenvalue weighted by Gasteiger charge is 2.33. The predicted octanol–water partition coefficient (Wildman–Crippen LogP) is -5.28. The van der Waals surface area contributed by atoms with Crippen LogP contribution in [0.4, 0.5) is 0 Å². The Morgan fingerprint density at radius 1 is 0.623 bits per heavy atom. The van der Waals surface area contributed by atoms with E-state index in [9.17, 15) is 63.0 Å². The van der Waals surface area contributed by atoms with Crippen LogP contribution in [0.5, 0.6) is 0 Å². The van der Waals surface area contributed by atoms with Gasteiger partial charge in [-0.25, -0.2) is 0 Å². The van der Waals surface area contributed by atoms with E-state index in [0.29, 0.717) is 5.56 Å². The number of carboxylic acids is 3. The van der Waals surface area contributed by atoms with Crippen molar-refractivity contribution in [2.45, 2.75) is 88.7 Å². The number of carboxylic acid groups (broad SMARTS) is 3. The summed E-state index contributed by atoms with van der Waals surface area (Å²) < 4.78 is 0. The molecule has 0 aliphatic rings. The van der Waals surface area contributed by atoms with Crippen LogP contribution in [0.25, 0.3) is 0 Å². The highest BCUT2D eigenvalue weighted by molar-refractivity contribution is 7.80. The van der Waals surface area contributed by atoms with Crippen LogP contribution in [0, 0.1) is 5.92 Å². The number of hydrogen-bond acceptors (Lipinski definition) is 14. The maximum atomic E-state index is 13.5. The first kappa shape index (κ1) is 52.7. The Kier molecular flexibility index (Phi) is 23.1. The molecule has 0 saturated carbocycles. The van der Waals surface area contributed by atoms with E-state index in [1.54, 1.807) is 30.3 Å². The molecule has 1 aromatic rings. The minimum absolute atomic E-state index is 0.00866. The Morgan fingerprint density at radius 2 is 1.15 bits per heavy atom. The molecule has 0 fully saturated rings. The van der Waals surface area contributed by atoms with Gasteiger partial charge in [-0.15, -0.1) is 0 Å². The lowest BCUT2D eigenvalue weighted by Gasteiger charge is -2.26. The fourth-order valence-corrected chi connectivity index (χ4v) is 5.20. The van der Waals surface area contributed by atoms with Crippen molar-refractivity contribution in [3.63, 3.8) is 0 Å². The molecular formula is C36H53N9O15S. The molecule has 0 heterocycles. The number of thiol groups is 1. The molecule has 8 amide bonds. The molecule has 1 rings (SSSR count). The van der Waals surface area contributed by atoms with Crippen molar-refractivity contribution in [2.24, 2.45) is 11.7 Å². The Morgan fingerprint density at radius 3 is 1.67 bits per heavy atom. The van der Waals surface area contributed by atoms with Gasteiger partial charge in [-0.05, 0) is 24.8 Å². The number of carbonyl (C=O) groups excluding carboxylic acids is 8. The van der Waals surface area contributed by atoms with Gasteiger partial charge in [0, 0.05) is 18.6 Å². The molecule has 7 atom stereocenters. The summed E-state index contributed by atoms with van der Waals surface area (Å²) in [6.45, 7) is 1.66. The standard InChI is InChI=1S/C36H53N9O15S/c1-17(2)29(45-26(48)14-38-30(53)20(37)16-61)35(58)43-23(12-28(51)52)34(57)44-24(15-46)31(54)39-13-25(47)41-22(11-19-7-5-4-6-8-19)33(56)42-21(9-10-27(49)50)32(55)40-18(3)36(59)60/h4-8,17-18,20-24,29,46,61H,9-16,37H2,1-3H3,(H,38,53)(H,39,54)(H,40,55)(H,41,47)(H,42,56)(H,43,58)(H,44,57)(H,45,48)(H,49,50)(H,51,52)(H,59,60)/t18-,20-,21-,22-,23-,24-,29-/m0/s1. The van der Waals surface area contributed by atoms with Gasteiger partial charge in [0.05, 0.1) is 32.2 Å². The maximum Gasteiger partial charge on any atom is 0.325 e. The first-order chi connectivity index (χ1) is 28.6. The monoisotopic (exact) mass is 883 g/mol. The normalized spacial score (nSPS) is 14.2. The van der Waals surface area contributed by atoms with E-state index >= 15 is 0 Å². The van der Waals surface area contributed by atoms with Crippen molar-refractivity contribution >= 4 is 77.8 Å². The van der Waals surface area contributed by atoms with Crippen molar-refractivity contribution in [2.75, 3.05) is 25.4 Å². The average molecular weight is 884 g/mol. The zero-order chi connectivity index (χ0) is 46.4. The topological polar surface area (TPSA) is 391 Å². The van der Waals surface area contributed by atoms with Crippen LogP contribution in [0.1, 0.15) is 45.6 Å². The highest BCUT2D eigenvalue weighted by atomic mass is 32.1. The van der Waals surface area contributed by atoms with Gasteiger partial charge in [0.2, 0.25) is 47.3 Å². The fourth-order valence-electron chi connectivity index (χ4n) is 5.03. The molecule has 0 bridgehead atoms. The van der Waals surface area contributed by atoms with Gasteiger partial charge >= 0.3 is 17.9 Å². The number of hydrogen-bond donors (Lipinski definition) is 14. The maximum absolute atomic E-state index is 13.5. The van der Waals surface area contributed by atoms with Crippen LogP contribution in [0.3, 0.4) is 0 Å². The Hall–Kier alpha value is -6.34. The van der Waals surface area contributed by atoms with Crippen LogP contribution < -0.4 is 48.3 Å². The molecule has 0 unspecified atom stereocenters. The van der Waals surface area contributed by atoms with Gasteiger partial charge in [-0.2, -0.15) is 12.6 Å². The van der Waals surface area contributed by atoms with Gasteiger partial charge in [0.1, 0.15) is 36.3 Å². The summed E-state index contributed by atoms with van der Waals surface area (Å²) in [7, 11) is 0. The van der Waals surface area contributed by atoms with Gasteiger partial charge in [-0.1, -0.05) is 44.2 Å². The molecule has 0 aromatic heterocycles. The number of nitrogens with one attached hydrogen (secondary N) is 8. The van der Waals surface area contributed by atoms with Crippen molar-refractivity contribution in [3.8, 4) is 0 Å². The van der Waals surface area contributed by atoms with Crippen molar-refractivity contribution < 1.29 is 73.2 Å². The van der Waals surface area contributed by atoms with Crippen molar-refractivity contribution in [1.29, 1.82) is 0 Å². The third kappa shape index (κ3) is 20.0. The summed E-state index contributed by atoms with van der Waals surface area (Å²) >= 11 is 3.89. The van der Waals surface area contributed by atoms with Crippen LogP contribution >= 0.6 is 12.6 Å². The Balaban J connectivity index is 3.08. The molecule has 1 aromatic carbocycles. The third-order valence-electron chi connectivity index (χ3n) is 8.42. The quantitative estimate of drug-likeness (QED) is 0.0367. The smallest absolute Gasteiger partial charge is 0.325 e. The number of carbonyl (C=O) groups is 11. The molecule has 0 radical (unpaired) electrons. The van der Waals surface area contributed by atoms with Crippen LogP contribution in [0.15, 0.2) is 30.3 Å². The average Bonchev–Trinajstić information content (AvgIpc) is 3.20. The van der Waals surface area contributed by atoms with Crippen LogP contribution in [-0.2, 0) is 59.2 Å². The molecule has 0 spiro atoms. The van der Waals surface area contributed by atoms with E-state index in [1.807, 2.05) is 0 Å². The first-order valence-corrected chi connectivity index (χ1v) is 19.3. The lowest BCUT2D eigenvalue weighted by atomic mass is 10.0. The number of benzene rings is 1. The number of rotatable bonds is 27. The Labute approximate surface area is 354 Å². The molecular weight excluding hydrogens is 831 g/mol. The summed E-state index contributed by atoms with van der Waals surface area (Å²) in [6, 6.07) is -2.26. The number of aliphatic carboxylic acids is 3. The molecule has 14 N–H and O–H groups in total. The number of aliphatic hydroxyl groups is 1. The molecule has 338 valence electrons. The molecule has 0 aliphatic heterocycles. The Bertz CT molecular complexity index is 1750. The third-order valence-corrected chi connectivity index (χ3v) is 8.81. The number of nitrogens with two attached hydrogens (primary N) is 1.